The van der Waals surface area contributed by atoms with Gasteiger partial charge in [0, 0.05) is 0 Å². The number of piperidine rings is 1. The zero-order chi connectivity index (χ0) is 18.7. The maximum absolute atomic E-state index is 12.6. The number of aryl methyl sites for hydroxylation is 2. The second-order valence-corrected chi connectivity index (χ2v) is 7.26. The minimum atomic E-state index is -0.490. The van der Waals surface area contributed by atoms with Gasteiger partial charge >= 0.3 is 12.0 Å². The second kappa shape index (κ2) is 7.91. The van der Waals surface area contributed by atoms with Crippen LogP contribution in [0, 0.1) is 13.8 Å². The van der Waals surface area contributed by atoms with Crippen molar-refractivity contribution in [1.29, 1.82) is 0 Å². The van der Waals surface area contributed by atoms with Crippen LogP contribution in [0.2, 0.25) is 0 Å². The summed E-state index contributed by atoms with van der Waals surface area (Å²) >= 11 is 0. The number of carbonyl (C=O) groups is 2. The lowest BCUT2D eigenvalue weighted by molar-refractivity contribution is -0.900. The number of methoxy groups -OCH3 is 1. The monoisotopic (exact) mass is 358 g/mol. The number of ether oxygens (including phenoxy) is 1. The van der Waals surface area contributed by atoms with E-state index in [1.807, 2.05) is 32.0 Å². The lowest BCUT2D eigenvalue weighted by Gasteiger charge is -2.32. The van der Waals surface area contributed by atoms with Gasteiger partial charge in [-0.3, -0.25) is 0 Å². The van der Waals surface area contributed by atoms with Crippen LogP contribution in [-0.2, 0) is 9.53 Å². The van der Waals surface area contributed by atoms with Crippen molar-refractivity contribution in [2.24, 2.45) is 0 Å². The van der Waals surface area contributed by atoms with E-state index >= 15 is 0 Å². The summed E-state index contributed by atoms with van der Waals surface area (Å²) in [6.45, 7) is 6.77. The van der Waals surface area contributed by atoms with Gasteiger partial charge in [0.15, 0.2) is 0 Å². The first-order valence-corrected chi connectivity index (χ1v) is 9.29. The molecular weight excluding hydrogens is 330 g/mol. The average Bonchev–Trinajstić information content (AvgIpc) is 2.63. The molecule has 0 aromatic heterocycles. The molecule has 0 saturated carbocycles. The maximum Gasteiger partial charge on any atom is 0.338 e. The van der Waals surface area contributed by atoms with E-state index in [0.29, 0.717) is 17.8 Å². The fraction of sp³-hybridized carbons (Fsp3) is 0.500. The fourth-order valence-electron chi connectivity index (χ4n) is 3.89. The Balaban J connectivity index is 2.03. The van der Waals surface area contributed by atoms with Gasteiger partial charge in [0.2, 0.25) is 0 Å². The Morgan fingerprint density at radius 3 is 2.65 bits per heavy atom. The van der Waals surface area contributed by atoms with Gasteiger partial charge < -0.3 is 20.3 Å². The Kier molecular flexibility index (Phi) is 5.61. The molecule has 140 valence electrons. The van der Waals surface area contributed by atoms with Crippen molar-refractivity contribution in [1.82, 2.24) is 10.6 Å². The number of hydrogen-bond donors (Lipinski definition) is 3. The molecule has 6 heteroatoms. The summed E-state index contributed by atoms with van der Waals surface area (Å²) < 4.78 is 5.07. The van der Waals surface area contributed by atoms with Crippen LogP contribution in [0.15, 0.2) is 29.5 Å². The first kappa shape index (κ1) is 18.5. The average molecular weight is 358 g/mol. The summed E-state index contributed by atoms with van der Waals surface area (Å²) in [5, 5.41) is 5.79. The standard InChI is InChI=1S/C20H27N3O3/c1-13-7-8-14(2)15(11-13)18-17(19(24)26-3)16(21-20(25)22-18)12-23-9-5-4-6-10-23/h7-8,11,18H,4-6,9-10,12H2,1-3H3,(H2,21,22,25)/p+1/t18-/m1/s1. The molecule has 2 heterocycles. The van der Waals surface area contributed by atoms with Crippen LogP contribution in [-0.4, -0.2) is 38.7 Å². The summed E-state index contributed by atoms with van der Waals surface area (Å²) in [7, 11) is 1.39. The van der Waals surface area contributed by atoms with Crippen molar-refractivity contribution in [3.8, 4) is 0 Å². The highest BCUT2D eigenvalue weighted by atomic mass is 16.5. The molecule has 3 N–H and O–H groups in total. The van der Waals surface area contributed by atoms with E-state index in [2.05, 4.69) is 10.6 Å². The summed E-state index contributed by atoms with van der Waals surface area (Å²) in [6.07, 6.45) is 3.62. The van der Waals surface area contributed by atoms with E-state index in [9.17, 15) is 9.59 Å². The highest BCUT2D eigenvalue weighted by molar-refractivity contribution is 5.95. The molecule has 1 atom stereocenters. The number of nitrogens with one attached hydrogen (secondary N) is 3. The molecule has 0 bridgehead atoms. The molecule has 1 aromatic carbocycles. The van der Waals surface area contributed by atoms with Gasteiger partial charge in [0.05, 0.1) is 37.5 Å². The van der Waals surface area contributed by atoms with Crippen LogP contribution in [0.5, 0.6) is 0 Å². The van der Waals surface area contributed by atoms with E-state index in [-0.39, 0.29) is 6.03 Å². The molecule has 6 nitrogen and oxygen atoms in total. The van der Waals surface area contributed by atoms with E-state index < -0.39 is 12.0 Å². The SMILES string of the molecule is COC(=O)C1=C(C[NH+]2CCCCC2)NC(=O)N[C@@H]1c1cc(C)ccc1C. The molecule has 0 unspecified atom stereocenters. The Hall–Kier alpha value is -2.34. The van der Waals surface area contributed by atoms with Crippen molar-refractivity contribution < 1.29 is 19.2 Å². The number of rotatable bonds is 4. The zero-order valence-electron chi connectivity index (χ0n) is 15.8. The quantitative estimate of drug-likeness (QED) is 0.707. The Morgan fingerprint density at radius 1 is 1.23 bits per heavy atom. The van der Waals surface area contributed by atoms with Gasteiger partial charge in [-0.05, 0) is 44.2 Å². The van der Waals surface area contributed by atoms with Crippen LogP contribution >= 0.6 is 0 Å². The van der Waals surface area contributed by atoms with E-state index in [4.69, 9.17) is 4.74 Å². The molecule has 2 aliphatic heterocycles. The van der Waals surface area contributed by atoms with Crippen LogP contribution in [0.4, 0.5) is 4.79 Å². The fourth-order valence-corrected chi connectivity index (χ4v) is 3.89. The van der Waals surface area contributed by atoms with Crippen molar-refractivity contribution in [2.75, 3.05) is 26.7 Å². The predicted octanol–water partition coefficient (Wildman–Crippen LogP) is 1.15. The summed E-state index contributed by atoms with van der Waals surface area (Å²) in [4.78, 5) is 26.4. The summed E-state index contributed by atoms with van der Waals surface area (Å²) in [5.74, 6) is -0.394. The number of carbonyl (C=O) groups excluding carboxylic acids is 2. The highest BCUT2D eigenvalue weighted by Crippen LogP contribution is 2.30. The third-order valence-electron chi connectivity index (χ3n) is 5.29. The van der Waals surface area contributed by atoms with Crippen LogP contribution < -0.4 is 15.5 Å². The van der Waals surface area contributed by atoms with Crippen molar-refractivity contribution in [3.63, 3.8) is 0 Å². The highest BCUT2D eigenvalue weighted by Gasteiger charge is 2.35. The summed E-state index contributed by atoms with van der Waals surface area (Å²) in [6, 6.07) is 5.32. The lowest BCUT2D eigenvalue weighted by atomic mass is 9.91. The van der Waals surface area contributed by atoms with Crippen molar-refractivity contribution in [3.05, 3.63) is 46.2 Å². The number of esters is 1. The van der Waals surface area contributed by atoms with E-state index in [1.165, 1.54) is 31.3 Å². The van der Waals surface area contributed by atoms with Gasteiger partial charge in [0.25, 0.3) is 0 Å². The van der Waals surface area contributed by atoms with Crippen molar-refractivity contribution in [2.45, 2.75) is 39.2 Å². The predicted molar refractivity (Wildman–Crippen MR) is 98.8 cm³/mol. The molecule has 0 radical (unpaired) electrons. The number of benzene rings is 1. The van der Waals surface area contributed by atoms with Gasteiger partial charge in [-0.15, -0.1) is 0 Å². The zero-order valence-corrected chi connectivity index (χ0v) is 15.8. The molecule has 3 rings (SSSR count). The van der Waals surface area contributed by atoms with Crippen molar-refractivity contribution >= 4 is 12.0 Å². The normalized spacial score (nSPS) is 21.2. The molecular formula is C20H28N3O3+. The Bertz CT molecular complexity index is 736. The maximum atomic E-state index is 12.6. The topological polar surface area (TPSA) is 71.9 Å². The number of quaternary nitrogens is 1. The minimum Gasteiger partial charge on any atom is -0.466 e. The minimum absolute atomic E-state index is 0.269. The van der Waals surface area contributed by atoms with Crippen LogP contribution in [0.25, 0.3) is 0 Å². The third-order valence-corrected chi connectivity index (χ3v) is 5.29. The van der Waals surface area contributed by atoms with E-state index in [0.717, 1.165) is 29.8 Å². The van der Waals surface area contributed by atoms with Gasteiger partial charge in [-0.2, -0.15) is 0 Å². The number of urea groups is 1. The molecule has 2 amide bonds. The summed E-state index contributed by atoms with van der Waals surface area (Å²) in [5.41, 5.74) is 4.26. The smallest absolute Gasteiger partial charge is 0.338 e. The number of hydrogen-bond acceptors (Lipinski definition) is 3. The molecule has 0 aliphatic carbocycles. The number of likely N-dealkylation sites (tertiary alicyclic amines) is 1. The molecule has 0 spiro atoms. The third kappa shape index (κ3) is 3.90. The van der Waals surface area contributed by atoms with Gasteiger partial charge in [-0.25, -0.2) is 9.59 Å². The van der Waals surface area contributed by atoms with E-state index in [1.54, 1.807) is 0 Å². The Labute approximate surface area is 154 Å². The molecule has 1 aromatic rings. The van der Waals surface area contributed by atoms with Crippen LogP contribution in [0.1, 0.15) is 42.0 Å². The molecule has 1 saturated heterocycles. The van der Waals surface area contributed by atoms with Crippen LogP contribution in [0.3, 0.4) is 0 Å². The van der Waals surface area contributed by atoms with Gasteiger partial charge in [-0.1, -0.05) is 23.8 Å². The lowest BCUT2D eigenvalue weighted by Crippen LogP contribution is -3.13. The number of amides is 2. The largest absolute Gasteiger partial charge is 0.466 e. The van der Waals surface area contributed by atoms with Gasteiger partial charge in [0.1, 0.15) is 6.54 Å². The molecule has 2 aliphatic rings. The second-order valence-electron chi connectivity index (χ2n) is 7.26. The first-order valence-electron chi connectivity index (χ1n) is 9.29. The first-order chi connectivity index (χ1) is 12.5. The Morgan fingerprint density at radius 2 is 1.96 bits per heavy atom. The molecule has 26 heavy (non-hydrogen) atoms. The molecule has 1 fully saturated rings.